The first-order valence-corrected chi connectivity index (χ1v) is 7.21. The summed E-state index contributed by atoms with van der Waals surface area (Å²) in [6.07, 6.45) is -0.543. The van der Waals surface area contributed by atoms with Gasteiger partial charge in [-0.05, 0) is 38.5 Å². The molecule has 0 aromatic heterocycles. The van der Waals surface area contributed by atoms with Crippen LogP contribution in [0.15, 0.2) is 18.2 Å². The van der Waals surface area contributed by atoms with Gasteiger partial charge in [0.2, 0.25) is 5.91 Å². The molecule has 0 aliphatic carbocycles. The average Bonchev–Trinajstić information content (AvgIpc) is 2.51. The van der Waals surface area contributed by atoms with Gasteiger partial charge in [-0.1, -0.05) is 6.07 Å². The third-order valence-electron chi connectivity index (χ3n) is 3.08. The summed E-state index contributed by atoms with van der Waals surface area (Å²) in [5.41, 5.74) is 1.99. The van der Waals surface area contributed by atoms with Crippen LogP contribution in [0.3, 0.4) is 0 Å². The van der Waals surface area contributed by atoms with Crippen molar-refractivity contribution in [2.75, 3.05) is 24.3 Å². The van der Waals surface area contributed by atoms with Gasteiger partial charge in [0, 0.05) is 18.4 Å². The molecule has 0 aliphatic heterocycles. The highest BCUT2D eigenvalue weighted by molar-refractivity contribution is 5.98. The molecule has 0 radical (unpaired) electrons. The second-order valence-corrected chi connectivity index (χ2v) is 4.76. The predicted molar refractivity (Wildman–Crippen MR) is 87.5 cm³/mol. The summed E-state index contributed by atoms with van der Waals surface area (Å²) in [6.45, 7) is 5.42. The van der Waals surface area contributed by atoms with Crippen molar-refractivity contribution in [3.05, 3.63) is 23.8 Å². The molecule has 4 amide bonds. The molecule has 1 aromatic carbocycles. The Kier molecular flexibility index (Phi) is 6.85. The molecule has 23 heavy (non-hydrogen) atoms. The standard InChI is InChI=1S/C15H22N4O4/c1-5-23-15(22)18-12-8-6-7-11(9(12)2)17-10(3)13(20)19-14(21)16-4/h6-8,10,17H,5H2,1-4H3,(H,18,22)(H2,16,19,20,21)/t10-/m0/s1. The molecular weight excluding hydrogens is 300 g/mol. The maximum Gasteiger partial charge on any atom is 0.411 e. The maximum absolute atomic E-state index is 11.9. The molecule has 0 bridgehead atoms. The minimum atomic E-state index is -0.635. The molecule has 0 aliphatic rings. The van der Waals surface area contributed by atoms with E-state index in [2.05, 4.69) is 21.3 Å². The van der Waals surface area contributed by atoms with Gasteiger partial charge in [-0.2, -0.15) is 0 Å². The van der Waals surface area contributed by atoms with Crippen LogP contribution in [0.4, 0.5) is 21.0 Å². The monoisotopic (exact) mass is 322 g/mol. The minimum Gasteiger partial charge on any atom is -0.450 e. The smallest absolute Gasteiger partial charge is 0.411 e. The first-order valence-electron chi connectivity index (χ1n) is 7.21. The molecule has 0 spiro atoms. The van der Waals surface area contributed by atoms with Crippen molar-refractivity contribution < 1.29 is 19.1 Å². The molecule has 126 valence electrons. The quantitative estimate of drug-likeness (QED) is 0.661. The van der Waals surface area contributed by atoms with Crippen LogP contribution in [0.25, 0.3) is 0 Å². The lowest BCUT2D eigenvalue weighted by Gasteiger charge is -2.18. The number of rotatable bonds is 5. The SMILES string of the molecule is CCOC(=O)Nc1cccc(N[C@@H](C)C(=O)NC(=O)NC)c1C. The number of carbonyl (C=O) groups is 3. The van der Waals surface area contributed by atoms with Crippen LogP contribution in [-0.2, 0) is 9.53 Å². The van der Waals surface area contributed by atoms with Crippen molar-refractivity contribution in [2.24, 2.45) is 0 Å². The third kappa shape index (κ3) is 5.50. The first kappa shape index (κ1) is 18.3. The zero-order chi connectivity index (χ0) is 17.4. The van der Waals surface area contributed by atoms with E-state index in [0.29, 0.717) is 11.4 Å². The Morgan fingerprint density at radius 3 is 2.48 bits per heavy atom. The summed E-state index contributed by atoms with van der Waals surface area (Å²) < 4.78 is 4.84. The van der Waals surface area contributed by atoms with Crippen LogP contribution < -0.4 is 21.3 Å². The van der Waals surface area contributed by atoms with Crippen molar-refractivity contribution in [1.29, 1.82) is 0 Å². The number of hydrogen-bond acceptors (Lipinski definition) is 5. The number of nitrogens with one attached hydrogen (secondary N) is 4. The van der Waals surface area contributed by atoms with E-state index in [4.69, 9.17) is 4.74 Å². The van der Waals surface area contributed by atoms with Crippen LogP contribution in [-0.4, -0.2) is 37.7 Å². The topological polar surface area (TPSA) is 109 Å². The van der Waals surface area contributed by atoms with E-state index in [0.717, 1.165) is 5.56 Å². The van der Waals surface area contributed by atoms with Crippen LogP contribution >= 0.6 is 0 Å². The fourth-order valence-electron chi connectivity index (χ4n) is 1.79. The van der Waals surface area contributed by atoms with Gasteiger partial charge in [0.15, 0.2) is 0 Å². The van der Waals surface area contributed by atoms with Gasteiger partial charge in [-0.3, -0.25) is 15.4 Å². The number of anilines is 2. The molecule has 1 aromatic rings. The third-order valence-corrected chi connectivity index (χ3v) is 3.08. The highest BCUT2D eigenvalue weighted by Crippen LogP contribution is 2.24. The van der Waals surface area contributed by atoms with Crippen molar-refractivity contribution in [3.8, 4) is 0 Å². The number of ether oxygens (including phenoxy) is 1. The molecule has 0 saturated heterocycles. The molecule has 8 heteroatoms. The second kappa shape index (κ2) is 8.62. The number of urea groups is 1. The van der Waals surface area contributed by atoms with E-state index < -0.39 is 24.1 Å². The number of imide groups is 1. The highest BCUT2D eigenvalue weighted by Gasteiger charge is 2.16. The Balaban J connectivity index is 2.79. The van der Waals surface area contributed by atoms with Crippen LogP contribution in [0.2, 0.25) is 0 Å². The molecule has 4 N–H and O–H groups in total. The summed E-state index contributed by atoms with van der Waals surface area (Å²) in [5.74, 6) is -0.465. The average molecular weight is 322 g/mol. The number of amides is 4. The van der Waals surface area contributed by atoms with Gasteiger partial charge in [0.1, 0.15) is 6.04 Å². The molecule has 1 rings (SSSR count). The molecule has 1 atom stereocenters. The Morgan fingerprint density at radius 2 is 1.87 bits per heavy atom. The Morgan fingerprint density at radius 1 is 1.22 bits per heavy atom. The summed E-state index contributed by atoms with van der Waals surface area (Å²) in [7, 11) is 1.43. The van der Waals surface area contributed by atoms with E-state index in [1.165, 1.54) is 7.05 Å². The minimum absolute atomic E-state index is 0.277. The van der Waals surface area contributed by atoms with E-state index >= 15 is 0 Å². The largest absolute Gasteiger partial charge is 0.450 e. The Bertz CT molecular complexity index is 589. The molecular formula is C15H22N4O4. The summed E-state index contributed by atoms with van der Waals surface area (Å²) in [5, 5.41) is 10.1. The fourth-order valence-corrected chi connectivity index (χ4v) is 1.79. The Hall–Kier alpha value is -2.77. The summed E-state index contributed by atoms with van der Waals surface area (Å²) in [4.78, 5) is 34.5. The van der Waals surface area contributed by atoms with Gasteiger partial charge >= 0.3 is 12.1 Å². The second-order valence-electron chi connectivity index (χ2n) is 4.76. The molecule has 0 unspecified atom stereocenters. The van der Waals surface area contributed by atoms with Crippen LogP contribution in [0, 0.1) is 6.92 Å². The van der Waals surface area contributed by atoms with Crippen molar-refractivity contribution >= 4 is 29.4 Å². The molecule has 8 nitrogen and oxygen atoms in total. The van der Waals surface area contributed by atoms with E-state index in [-0.39, 0.29) is 6.61 Å². The van der Waals surface area contributed by atoms with E-state index in [1.54, 1.807) is 39.0 Å². The highest BCUT2D eigenvalue weighted by atomic mass is 16.5. The van der Waals surface area contributed by atoms with E-state index in [9.17, 15) is 14.4 Å². The van der Waals surface area contributed by atoms with Crippen molar-refractivity contribution in [1.82, 2.24) is 10.6 Å². The van der Waals surface area contributed by atoms with Crippen LogP contribution in [0.1, 0.15) is 19.4 Å². The summed E-state index contributed by atoms with van der Waals surface area (Å²) in [6, 6.07) is 4.03. The van der Waals surface area contributed by atoms with Crippen molar-refractivity contribution in [3.63, 3.8) is 0 Å². The van der Waals surface area contributed by atoms with Gasteiger partial charge in [0.25, 0.3) is 0 Å². The lowest BCUT2D eigenvalue weighted by atomic mass is 10.1. The fraction of sp³-hybridized carbons (Fsp3) is 0.400. The van der Waals surface area contributed by atoms with Gasteiger partial charge in [-0.25, -0.2) is 9.59 Å². The zero-order valence-corrected chi connectivity index (χ0v) is 13.6. The van der Waals surface area contributed by atoms with E-state index in [1.807, 2.05) is 0 Å². The van der Waals surface area contributed by atoms with Gasteiger partial charge in [-0.15, -0.1) is 0 Å². The van der Waals surface area contributed by atoms with Gasteiger partial charge < -0.3 is 15.4 Å². The Labute approximate surface area is 135 Å². The predicted octanol–water partition coefficient (Wildman–Crippen LogP) is 1.82. The number of carbonyl (C=O) groups excluding carboxylic acids is 3. The molecule has 0 heterocycles. The maximum atomic E-state index is 11.9. The number of benzene rings is 1. The summed E-state index contributed by atoms with van der Waals surface area (Å²) >= 11 is 0. The van der Waals surface area contributed by atoms with Crippen LogP contribution in [0.5, 0.6) is 0 Å². The normalized spacial score (nSPS) is 11.1. The number of hydrogen-bond donors (Lipinski definition) is 4. The molecule has 0 fully saturated rings. The molecule has 0 saturated carbocycles. The zero-order valence-electron chi connectivity index (χ0n) is 13.6. The lowest BCUT2D eigenvalue weighted by Crippen LogP contribution is -2.44. The lowest BCUT2D eigenvalue weighted by molar-refractivity contribution is -0.120. The van der Waals surface area contributed by atoms with Gasteiger partial charge in [0.05, 0.1) is 6.61 Å². The van der Waals surface area contributed by atoms with Crippen molar-refractivity contribution in [2.45, 2.75) is 26.8 Å². The first-order chi connectivity index (χ1) is 10.9.